The summed E-state index contributed by atoms with van der Waals surface area (Å²) in [5.41, 5.74) is 1.71. The Kier molecular flexibility index (Phi) is 3.97. The molecule has 0 spiro atoms. The molecule has 1 atom stereocenters. The average Bonchev–Trinajstić information content (AvgIpc) is 2.56. The number of nitrogens with one attached hydrogen (secondary N) is 2. The first-order valence-electron chi connectivity index (χ1n) is 6.32. The van der Waals surface area contributed by atoms with Gasteiger partial charge in [0.05, 0.1) is 0 Å². The molecule has 2 rings (SSSR count). The Bertz CT molecular complexity index is 440. The van der Waals surface area contributed by atoms with E-state index in [1.165, 1.54) is 0 Å². The third kappa shape index (κ3) is 3.09. The highest BCUT2D eigenvalue weighted by atomic mass is 16.2. The molecule has 0 radical (unpaired) electrons. The number of hydrogen-bond acceptors (Lipinski definition) is 2. The van der Waals surface area contributed by atoms with Crippen LogP contribution in [-0.2, 0) is 4.79 Å². The molecule has 4 heteroatoms. The van der Waals surface area contributed by atoms with Gasteiger partial charge in [-0.05, 0) is 38.3 Å². The van der Waals surface area contributed by atoms with Crippen LogP contribution in [0, 0.1) is 6.92 Å². The van der Waals surface area contributed by atoms with Crippen LogP contribution in [-0.4, -0.2) is 24.4 Å². The molecule has 2 amide bonds. The zero-order valence-corrected chi connectivity index (χ0v) is 10.5. The van der Waals surface area contributed by atoms with Crippen molar-refractivity contribution in [1.29, 1.82) is 0 Å². The van der Waals surface area contributed by atoms with Crippen molar-refractivity contribution in [3.8, 4) is 0 Å². The summed E-state index contributed by atoms with van der Waals surface area (Å²) < 4.78 is 0. The standard InChI is InChI=1S/C14H18N2O2/c1-10-5-7-11(8-6-10)13(17)16-12-4-2-3-9-15-14(12)18/h5-8,12H,2-4,9H2,1H3,(H,15,18)(H,16,17). The van der Waals surface area contributed by atoms with Gasteiger partial charge in [-0.1, -0.05) is 17.7 Å². The predicted molar refractivity (Wildman–Crippen MR) is 69.3 cm³/mol. The van der Waals surface area contributed by atoms with E-state index in [2.05, 4.69) is 10.6 Å². The second-order valence-corrected chi connectivity index (χ2v) is 4.68. The van der Waals surface area contributed by atoms with Gasteiger partial charge >= 0.3 is 0 Å². The number of rotatable bonds is 2. The highest BCUT2D eigenvalue weighted by Crippen LogP contribution is 2.08. The summed E-state index contributed by atoms with van der Waals surface area (Å²) in [6, 6.07) is 6.93. The molecule has 1 unspecified atom stereocenters. The Morgan fingerprint density at radius 3 is 2.72 bits per heavy atom. The molecule has 1 aromatic rings. The molecule has 1 aromatic carbocycles. The fraction of sp³-hybridized carbons (Fsp3) is 0.429. The van der Waals surface area contributed by atoms with Crippen LogP contribution >= 0.6 is 0 Å². The molecule has 4 nitrogen and oxygen atoms in total. The summed E-state index contributed by atoms with van der Waals surface area (Å²) in [6.07, 6.45) is 2.64. The first kappa shape index (κ1) is 12.6. The predicted octanol–water partition coefficient (Wildman–Crippen LogP) is 1.39. The molecule has 0 aromatic heterocycles. The zero-order chi connectivity index (χ0) is 13.0. The minimum atomic E-state index is -0.402. The lowest BCUT2D eigenvalue weighted by Crippen LogP contribution is -2.45. The Labute approximate surface area is 107 Å². The Morgan fingerprint density at radius 1 is 1.28 bits per heavy atom. The largest absolute Gasteiger partial charge is 0.354 e. The number of aryl methyl sites for hydroxylation is 1. The molecule has 18 heavy (non-hydrogen) atoms. The second kappa shape index (κ2) is 5.67. The van der Waals surface area contributed by atoms with E-state index in [0.717, 1.165) is 18.4 Å². The average molecular weight is 246 g/mol. The summed E-state index contributed by atoms with van der Waals surface area (Å²) in [5.74, 6) is -0.259. The van der Waals surface area contributed by atoms with Crippen LogP contribution in [0.25, 0.3) is 0 Å². The molecular weight excluding hydrogens is 228 g/mol. The van der Waals surface area contributed by atoms with Crippen LogP contribution in [0.4, 0.5) is 0 Å². The minimum absolute atomic E-state index is 0.0760. The van der Waals surface area contributed by atoms with Gasteiger partial charge in [-0.25, -0.2) is 0 Å². The lowest BCUT2D eigenvalue weighted by atomic mass is 10.1. The highest BCUT2D eigenvalue weighted by Gasteiger charge is 2.22. The topological polar surface area (TPSA) is 58.2 Å². The van der Waals surface area contributed by atoms with Crippen LogP contribution in [0.15, 0.2) is 24.3 Å². The molecule has 1 aliphatic heterocycles. The first-order chi connectivity index (χ1) is 8.66. The number of carbonyl (C=O) groups excluding carboxylic acids is 2. The number of benzene rings is 1. The number of carbonyl (C=O) groups is 2. The quantitative estimate of drug-likeness (QED) is 0.828. The van der Waals surface area contributed by atoms with Crippen molar-refractivity contribution >= 4 is 11.8 Å². The Balaban J connectivity index is 2.01. The van der Waals surface area contributed by atoms with Crippen molar-refractivity contribution in [1.82, 2.24) is 10.6 Å². The molecule has 96 valence electrons. The smallest absolute Gasteiger partial charge is 0.251 e. The van der Waals surface area contributed by atoms with Crippen LogP contribution < -0.4 is 10.6 Å². The molecular formula is C14H18N2O2. The maximum atomic E-state index is 12.0. The van der Waals surface area contributed by atoms with Crippen molar-refractivity contribution in [3.63, 3.8) is 0 Å². The lowest BCUT2D eigenvalue weighted by Gasteiger charge is -2.15. The summed E-state index contributed by atoms with van der Waals surface area (Å²) in [6.45, 7) is 2.68. The SMILES string of the molecule is Cc1ccc(C(=O)NC2CCCCNC2=O)cc1. The van der Waals surface area contributed by atoms with Crippen LogP contribution in [0.2, 0.25) is 0 Å². The van der Waals surface area contributed by atoms with E-state index in [9.17, 15) is 9.59 Å². The van der Waals surface area contributed by atoms with Crippen LogP contribution in [0.5, 0.6) is 0 Å². The Morgan fingerprint density at radius 2 is 2.00 bits per heavy atom. The Hall–Kier alpha value is -1.84. The molecule has 1 heterocycles. The molecule has 1 fully saturated rings. The summed E-state index contributed by atoms with van der Waals surface area (Å²) in [5, 5.41) is 5.60. The van der Waals surface area contributed by atoms with Crippen LogP contribution in [0.1, 0.15) is 35.2 Å². The van der Waals surface area contributed by atoms with Gasteiger partial charge < -0.3 is 10.6 Å². The molecule has 0 saturated carbocycles. The maximum absolute atomic E-state index is 12.0. The van der Waals surface area contributed by atoms with E-state index in [1.807, 2.05) is 19.1 Å². The highest BCUT2D eigenvalue weighted by molar-refractivity contribution is 5.97. The van der Waals surface area contributed by atoms with E-state index in [0.29, 0.717) is 18.5 Å². The minimum Gasteiger partial charge on any atom is -0.354 e. The van der Waals surface area contributed by atoms with Gasteiger partial charge in [0, 0.05) is 12.1 Å². The number of amides is 2. The molecule has 1 saturated heterocycles. The van der Waals surface area contributed by atoms with E-state index in [1.54, 1.807) is 12.1 Å². The first-order valence-corrected chi connectivity index (χ1v) is 6.32. The van der Waals surface area contributed by atoms with Gasteiger partial charge in [0.25, 0.3) is 5.91 Å². The van der Waals surface area contributed by atoms with E-state index >= 15 is 0 Å². The number of hydrogen-bond donors (Lipinski definition) is 2. The maximum Gasteiger partial charge on any atom is 0.251 e. The van der Waals surface area contributed by atoms with E-state index in [4.69, 9.17) is 0 Å². The van der Waals surface area contributed by atoms with E-state index < -0.39 is 6.04 Å². The molecule has 0 bridgehead atoms. The van der Waals surface area contributed by atoms with Crippen molar-refractivity contribution in [3.05, 3.63) is 35.4 Å². The van der Waals surface area contributed by atoms with Gasteiger partial charge in [0.2, 0.25) is 5.91 Å². The molecule has 0 aliphatic carbocycles. The van der Waals surface area contributed by atoms with Gasteiger partial charge in [-0.2, -0.15) is 0 Å². The van der Waals surface area contributed by atoms with Crippen LogP contribution in [0.3, 0.4) is 0 Å². The monoisotopic (exact) mass is 246 g/mol. The van der Waals surface area contributed by atoms with Gasteiger partial charge in [0.15, 0.2) is 0 Å². The third-order valence-corrected chi connectivity index (χ3v) is 3.15. The second-order valence-electron chi connectivity index (χ2n) is 4.68. The summed E-state index contributed by atoms with van der Waals surface area (Å²) in [7, 11) is 0. The normalized spacial score (nSPS) is 19.8. The van der Waals surface area contributed by atoms with Gasteiger partial charge in [-0.3, -0.25) is 9.59 Å². The van der Waals surface area contributed by atoms with E-state index in [-0.39, 0.29) is 11.8 Å². The molecule has 1 aliphatic rings. The fourth-order valence-corrected chi connectivity index (χ4v) is 2.02. The van der Waals surface area contributed by atoms with Crippen molar-refractivity contribution < 1.29 is 9.59 Å². The van der Waals surface area contributed by atoms with Crippen molar-refractivity contribution in [2.75, 3.05) is 6.54 Å². The summed E-state index contributed by atoms with van der Waals surface area (Å²) >= 11 is 0. The zero-order valence-electron chi connectivity index (χ0n) is 10.5. The summed E-state index contributed by atoms with van der Waals surface area (Å²) in [4.78, 5) is 23.7. The van der Waals surface area contributed by atoms with Gasteiger partial charge in [-0.15, -0.1) is 0 Å². The third-order valence-electron chi connectivity index (χ3n) is 3.15. The van der Waals surface area contributed by atoms with Gasteiger partial charge in [0.1, 0.15) is 6.04 Å². The fourth-order valence-electron chi connectivity index (χ4n) is 2.02. The van der Waals surface area contributed by atoms with Crippen molar-refractivity contribution in [2.24, 2.45) is 0 Å². The lowest BCUT2D eigenvalue weighted by molar-refractivity contribution is -0.122. The molecule has 2 N–H and O–H groups in total. The van der Waals surface area contributed by atoms with Crippen molar-refractivity contribution in [2.45, 2.75) is 32.2 Å².